The van der Waals surface area contributed by atoms with Crippen LogP contribution in [0.1, 0.15) is 40.5 Å². The van der Waals surface area contributed by atoms with Gasteiger partial charge in [0.05, 0.1) is 0 Å². The van der Waals surface area contributed by atoms with E-state index >= 15 is 0 Å². The van der Waals surface area contributed by atoms with Crippen molar-refractivity contribution >= 4 is 12.3 Å². The van der Waals surface area contributed by atoms with Crippen molar-refractivity contribution in [3.8, 4) is 0 Å². The number of carbonyl (C=O) groups is 2. The van der Waals surface area contributed by atoms with E-state index < -0.39 is 23.9 Å². The van der Waals surface area contributed by atoms with E-state index in [0.717, 1.165) is 0 Å². The molecule has 2 fully saturated rings. The second-order valence-corrected chi connectivity index (χ2v) is 7.38. The molecule has 2 aliphatic heterocycles. The van der Waals surface area contributed by atoms with Crippen LogP contribution in [0.3, 0.4) is 0 Å². The number of hydrogen-bond acceptors (Lipinski definition) is 7. The molecule has 2 aliphatic rings. The van der Waals surface area contributed by atoms with Gasteiger partial charge in [0.25, 0.3) is 0 Å². The lowest BCUT2D eigenvalue weighted by Crippen LogP contribution is -2.68. The van der Waals surface area contributed by atoms with Gasteiger partial charge in [0.15, 0.2) is 5.79 Å². The molecule has 132 valence electrons. The number of nitrogens with one attached hydrogen (secondary N) is 1. The third-order valence-corrected chi connectivity index (χ3v) is 3.76. The zero-order chi connectivity index (χ0) is 17.5. The van der Waals surface area contributed by atoms with Gasteiger partial charge in [0.2, 0.25) is 0 Å². The lowest BCUT2D eigenvalue weighted by Gasteiger charge is -2.54. The van der Waals surface area contributed by atoms with Crippen molar-refractivity contribution in [2.75, 3.05) is 13.2 Å². The van der Waals surface area contributed by atoms with Crippen LogP contribution in [0.4, 0.5) is 9.59 Å². The first-order valence-electron chi connectivity index (χ1n) is 7.28. The van der Waals surface area contributed by atoms with Gasteiger partial charge in [-0.1, -0.05) is 0 Å². The second-order valence-electron chi connectivity index (χ2n) is 7.38. The van der Waals surface area contributed by atoms with Crippen molar-refractivity contribution < 1.29 is 38.7 Å². The van der Waals surface area contributed by atoms with Crippen molar-refractivity contribution in [1.29, 1.82) is 0 Å². The Hall–Kier alpha value is -1.58. The summed E-state index contributed by atoms with van der Waals surface area (Å²) in [4.78, 5) is 21.6. The average Bonchev–Trinajstić information content (AvgIpc) is 2.28. The van der Waals surface area contributed by atoms with E-state index in [0.29, 0.717) is 12.8 Å². The van der Waals surface area contributed by atoms with E-state index in [-0.39, 0.29) is 24.3 Å². The second kappa shape index (κ2) is 5.50. The van der Waals surface area contributed by atoms with Crippen LogP contribution >= 0.6 is 0 Å². The molecule has 0 aromatic heterocycles. The molecule has 0 amide bonds. The smallest absolute Gasteiger partial charge is 0.450 e. The number of ether oxygens (including phenoxy) is 4. The van der Waals surface area contributed by atoms with E-state index in [2.05, 4.69) is 14.8 Å². The SMILES string of the molecule is CC1(C)CC2(CC(C)(C)N1)OCC(OC(=O)O)(OC(=O)O)CO2. The summed E-state index contributed by atoms with van der Waals surface area (Å²) in [6.45, 7) is 7.30. The highest BCUT2D eigenvalue weighted by atomic mass is 16.8. The molecule has 0 bridgehead atoms. The maximum atomic E-state index is 10.8. The summed E-state index contributed by atoms with van der Waals surface area (Å²) >= 11 is 0. The fraction of sp³-hybridized carbons (Fsp3) is 0.857. The van der Waals surface area contributed by atoms with Gasteiger partial charge < -0.3 is 34.5 Å². The normalized spacial score (nSPS) is 27.1. The Kier molecular flexibility index (Phi) is 4.25. The molecule has 0 aliphatic carbocycles. The average molecular weight is 333 g/mol. The van der Waals surface area contributed by atoms with Crippen LogP contribution in [0.5, 0.6) is 0 Å². The fourth-order valence-corrected chi connectivity index (χ4v) is 3.64. The minimum absolute atomic E-state index is 0.275. The highest BCUT2D eigenvalue weighted by Gasteiger charge is 2.56. The third-order valence-electron chi connectivity index (χ3n) is 3.76. The maximum Gasteiger partial charge on any atom is 0.509 e. The third kappa shape index (κ3) is 4.24. The lowest BCUT2D eigenvalue weighted by molar-refractivity contribution is -0.379. The lowest BCUT2D eigenvalue weighted by atomic mass is 9.78. The summed E-state index contributed by atoms with van der Waals surface area (Å²) in [5.74, 6) is -2.96. The maximum absolute atomic E-state index is 10.8. The monoisotopic (exact) mass is 333 g/mol. The summed E-state index contributed by atoms with van der Waals surface area (Å²) in [5, 5.41) is 21.1. The van der Waals surface area contributed by atoms with Gasteiger partial charge in [0, 0.05) is 23.9 Å². The predicted molar refractivity (Wildman–Crippen MR) is 76.1 cm³/mol. The number of piperidine rings is 1. The summed E-state index contributed by atoms with van der Waals surface area (Å²) in [7, 11) is 0. The zero-order valence-corrected chi connectivity index (χ0v) is 13.7. The number of rotatable bonds is 2. The van der Waals surface area contributed by atoms with Crippen LogP contribution in [-0.2, 0) is 18.9 Å². The summed E-state index contributed by atoms with van der Waals surface area (Å²) in [5.41, 5.74) is -0.549. The zero-order valence-electron chi connectivity index (χ0n) is 13.7. The molecule has 2 rings (SSSR count). The molecule has 0 saturated carbocycles. The first-order chi connectivity index (χ1) is 10.4. The van der Waals surface area contributed by atoms with E-state index in [4.69, 9.17) is 19.7 Å². The van der Waals surface area contributed by atoms with E-state index in [9.17, 15) is 9.59 Å². The fourth-order valence-electron chi connectivity index (χ4n) is 3.64. The highest BCUT2D eigenvalue weighted by Crippen LogP contribution is 2.42. The first kappa shape index (κ1) is 17.8. The Morgan fingerprint density at radius 2 is 1.30 bits per heavy atom. The standard InChI is InChI=1S/C14H23NO8/c1-11(2)5-13(6-12(3,4)15-11)20-7-14(8-21-13,22-9(16)17)23-10(18)19/h15H,5-8H2,1-4H3,(H,16,17)(H,18,19). The van der Waals surface area contributed by atoms with Gasteiger partial charge in [-0.05, 0) is 27.7 Å². The molecule has 2 heterocycles. The van der Waals surface area contributed by atoms with Crippen molar-refractivity contribution in [3.63, 3.8) is 0 Å². The van der Waals surface area contributed by atoms with Gasteiger partial charge in [-0.2, -0.15) is 0 Å². The summed E-state index contributed by atoms with van der Waals surface area (Å²) < 4.78 is 20.7. The number of carboxylic acid groups (broad SMARTS) is 2. The number of hydrogen-bond donors (Lipinski definition) is 3. The largest absolute Gasteiger partial charge is 0.509 e. The van der Waals surface area contributed by atoms with Gasteiger partial charge in [-0.25, -0.2) is 9.59 Å². The topological polar surface area (TPSA) is 124 Å². The van der Waals surface area contributed by atoms with Crippen molar-refractivity contribution in [2.45, 2.75) is 63.2 Å². The van der Waals surface area contributed by atoms with E-state index in [1.165, 1.54) is 0 Å². The Morgan fingerprint density at radius 1 is 0.913 bits per heavy atom. The minimum Gasteiger partial charge on any atom is -0.450 e. The Morgan fingerprint density at radius 3 is 1.65 bits per heavy atom. The van der Waals surface area contributed by atoms with Gasteiger partial charge in [-0.15, -0.1) is 0 Å². The molecule has 9 nitrogen and oxygen atoms in total. The Labute approximate surface area is 133 Å². The van der Waals surface area contributed by atoms with Crippen LogP contribution in [0.25, 0.3) is 0 Å². The molecule has 0 aromatic carbocycles. The van der Waals surface area contributed by atoms with Crippen molar-refractivity contribution in [3.05, 3.63) is 0 Å². The van der Waals surface area contributed by atoms with Crippen molar-refractivity contribution in [1.82, 2.24) is 5.32 Å². The molecule has 0 radical (unpaired) electrons. The van der Waals surface area contributed by atoms with Crippen LogP contribution in [0.2, 0.25) is 0 Å². The summed E-state index contributed by atoms with van der Waals surface area (Å²) in [6, 6.07) is 0. The predicted octanol–water partition coefficient (Wildman–Crippen LogP) is 1.76. The molecular formula is C14H23NO8. The van der Waals surface area contributed by atoms with Gasteiger partial charge >= 0.3 is 18.1 Å². The molecular weight excluding hydrogens is 310 g/mol. The molecule has 9 heteroatoms. The van der Waals surface area contributed by atoms with Gasteiger partial charge in [-0.3, -0.25) is 0 Å². The van der Waals surface area contributed by atoms with Crippen LogP contribution in [0, 0.1) is 0 Å². The molecule has 0 unspecified atom stereocenters. The molecule has 0 aromatic rings. The molecule has 0 atom stereocenters. The Bertz CT molecular complexity index is 457. The van der Waals surface area contributed by atoms with E-state index in [1.807, 2.05) is 27.7 Å². The van der Waals surface area contributed by atoms with Crippen LogP contribution in [-0.4, -0.2) is 58.4 Å². The van der Waals surface area contributed by atoms with Crippen molar-refractivity contribution in [2.24, 2.45) is 0 Å². The molecule has 23 heavy (non-hydrogen) atoms. The Balaban J connectivity index is 2.17. The van der Waals surface area contributed by atoms with Crippen LogP contribution < -0.4 is 5.32 Å². The minimum atomic E-state index is -2.01. The van der Waals surface area contributed by atoms with Gasteiger partial charge in [0.1, 0.15) is 13.2 Å². The summed E-state index contributed by atoms with van der Waals surface area (Å²) in [6.07, 6.45) is -2.31. The highest BCUT2D eigenvalue weighted by molar-refractivity contribution is 5.60. The first-order valence-corrected chi connectivity index (χ1v) is 7.28. The van der Waals surface area contributed by atoms with Crippen LogP contribution in [0.15, 0.2) is 0 Å². The molecule has 3 N–H and O–H groups in total. The molecule has 2 saturated heterocycles. The quantitative estimate of drug-likeness (QED) is 0.512. The van der Waals surface area contributed by atoms with E-state index in [1.54, 1.807) is 0 Å². The molecule has 1 spiro atoms.